The molecule has 0 spiro atoms. The highest BCUT2D eigenvalue weighted by molar-refractivity contribution is 9.10. The highest BCUT2D eigenvalue weighted by atomic mass is 79.9. The van der Waals surface area contributed by atoms with Crippen molar-refractivity contribution in [3.05, 3.63) is 40.0 Å². The molecule has 5 nitrogen and oxygen atoms in total. The molecule has 22 heavy (non-hydrogen) atoms. The molecule has 0 bridgehead atoms. The molecule has 0 aliphatic heterocycles. The fourth-order valence-electron chi connectivity index (χ4n) is 2.12. The van der Waals surface area contributed by atoms with E-state index in [1.807, 2.05) is 19.2 Å². The Morgan fingerprint density at radius 1 is 1.32 bits per heavy atom. The van der Waals surface area contributed by atoms with Crippen LogP contribution in [0.2, 0.25) is 0 Å². The van der Waals surface area contributed by atoms with Crippen LogP contribution in [-0.2, 0) is 6.54 Å². The van der Waals surface area contributed by atoms with Crippen LogP contribution in [0.3, 0.4) is 0 Å². The van der Waals surface area contributed by atoms with E-state index in [4.69, 9.17) is 9.26 Å². The summed E-state index contributed by atoms with van der Waals surface area (Å²) in [6.45, 7) is 6.88. The van der Waals surface area contributed by atoms with Crippen LogP contribution in [0.1, 0.15) is 50.0 Å². The molecule has 1 atom stereocenters. The van der Waals surface area contributed by atoms with E-state index in [0.717, 1.165) is 28.2 Å². The van der Waals surface area contributed by atoms with E-state index in [0.29, 0.717) is 5.89 Å². The second kappa shape index (κ2) is 7.24. The van der Waals surface area contributed by atoms with Crippen LogP contribution in [0.25, 0.3) is 0 Å². The summed E-state index contributed by atoms with van der Waals surface area (Å²) in [5.74, 6) is 2.52. The van der Waals surface area contributed by atoms with E-state index in [9.17, 15) is 0 Å². The Balaban J connectivity index is 2.13. The lowest BCUT2D eigenvalue weighted by Gasteiger charge is -2.22. The summed E-state index contributed by atoms with van der Waals surface area (Å²) in [6.07, 6.45) is 0. The lowest BCUT2D eigenvalue weighted by molar-refractivity contribution is 0.200. The van der Waals surface area contributed by atoms with Gasteiger partial charge < -0.3 is 9.26 Å². The van der Waals surface area contributed by atoms with Gasteiger partial charge in [-0.1, -0.05) is 34.9 Å². The fourth-order valence-corrected chi connectivity index (χ4v) is 2.52. The van der Waals surface area contributed by atoms with E-state index in [2.05, 4.69) is 57.8 Å². The highest BCUT2D eigenvalue weighted by Gasteiger charge is 2.21. The molecule has 0 radical (unpaired) electrons. The van der Waals surface area contributed by atoms with Crippen molar-refractivity contribution in [3.63, 3.8) is 0 Å². The highest BCUT2D eigenvalue weighted by Crippen LogP contribution is 2.27. The number of nitrogens with zero attached hydrogens (tertiary/aromatic N) is 3. The predicted molar refractivity (Wildman–Crippen MR) is 89.0 cm³/mol. The second-order valence-electron chi connectivity index (χ2n) is 5.69. The summed E-state index contributed by atoms with van der Waals surface area (Å²) in [5, 5.41) is 4.03. The molecule has 1 aromatic carbocycles. The third-order valence-corrected chi connectivity index (χ3v) is 4.15. The molecule has 0 fully saturated rings. The van der Waals surface area contributed by atoms with Crippen molar-refractivity contribution in [2.45, 2.75) is 39.3 Å². The van der Waals surface area contributed by atoms with Gasteiger partial charge in [-0.15, -0.1) is 0 Å². The minimum atomic E-state index is 0.0312. The molecule has 6 heteroatoms. The van der Waals surface area contributed by atoms with Crippen LogP contribution in [0, 0.1) is 0 Å². The fraction of sp³-hybridized carbons (Fsp3) is 0.500. The van der Waals surface area contributed by atoms with Gasteiger partial charge in [0.1, 0.15) is 5.75 Å². The quantitative estimate of drug-likeness (QED) is 0.767. The molecule has 120 valence electrons. The Kier molecular flexibility index (Phi) is 5.58. The van der Waals surface area contributed by atoms with Gasteiger partial charge >= 0.3 is 0 Å². The van der Waals surface area contributed by atoms with Crippen molar-refractivity contribution in [3.8, 4) is 5.75 Å². The van der Waals surface area contributed by atoms with Gasteiger partial charge in [-0.3, -0.25) is 4.90 Å². The van der Waals surface area contributed by atoms with E-state index >= 15 is 0 Å². The lowest BCUT2D eigenvalue weighted by Crippen LogP contribution is -2.22. The minimum absolute atomic E-state index is 0.0312. The first-order valence-electron chi connectivity index (χ1n) is 7.28. The standard InChI is InChI=1S/C16H22BrN3O2/c1-10(2)15-18-16(22-19-15)11(3)20(4)9-12-8-13(17)6-7-14(12)21-5/h6-8,10-11H,9H2,1-5H3/t11-/m1/s1. The third kappa shape index (κ3) is 3.87. The number of aromatic nitrogens is 2. The summed E-state index contributed by atoms with van der Waals surface area (Å²) < 4.78 is 11.8. The molecular formula is C16H22BrN3O2. The van der Waals surface area contributed by atoms with Crippen LogP contribution in [-0.4, -0.2) is 29.2 Å². The van der Waals surface area contributed by atoms with Crippen molar-refractivity contribution < 1.29 is 9.26 Å². The molecule has 2 rings (SSSR count). The van der Waals surface area contributed by atoms with Crippen molar-refractivity contribution in [2.75, 3.05) is 14.2 Å². The average Bonchev–Trinajstić information content (AvgIpc) is 2.96. The van der Waals surface area contributed by atoms with Crippen molar-refractivity contribution in [2.24, 2.45) is 0 Å². The van der Waals surface area contributed by atoms with Gasteiger partial charge in [0, 0.05) is 22.5 Å². The van der Waals surface area contributed by atoms with Crippen molar-refractivity contribution in [1.29, 1.82) is 0 Å². The van der Waals surface area contributed by atoms with Gasteiger partial charge in [0.2, 0.25) is 5.89 Å². The Labute approximate surface area is 139 Å². The smallest absolute Gasteiger partial charge is 0.243 e. The minimum Gasteiger partial charge on any atom is -0.496 e. The van der Waals surface area contributed by atoms with Gasteiger partial charge in [0.25, 0.3) is 0 Å². The van der Waals surface area contributed by atoms with Gasteiger partial charge in [-0.25, -0.2) is 0 Å². The molecule has 2 aromatic rings. The molecule has 0 unspecified atom stereocenters. The third-order valence-electron chi connectivity index (χ3n) is 3.65. The van der Waals surface area contributed by atoms with E-state index < -0.39 is 0 Å². The zero-order valence-corrected chi connectivity index (χ0v) is 15.2. The first-order valence-corrected chi connectivity index (χ1v) is 8.07. The zero-order valence-electron chi connectivity index (χ0n) is 13.6. The van der Waals surface area contributed by atoms with Crippen LogP contribution in [0.15, 0.2) is 27.2 Å². The molecular weight excluding hydrogens is 346 g/mol. The number of hydrogen-bond donors (Lipinski definition) is 0. The first-order chi connectivity index (χ1) is 10.4. The largest absolute Gasteiger partial charge is 0.496 e. The predicted octanol–water partition coefficient (Wildman–Crippen LogP) is 4.16. The number of methoxy groups -OCH3 is 1. The first kappa shape index (κ1) is 17.0. The second-order valence-corrected chi connectivity index (χ2v) is 6.61. The molecule has 0 aliphatic carbocycles. The molecule has 1 heterocycles. The van der Waals surface area contributed by atoms with E-state index in [1.165, 1.54) is 0 Å². The molecule has 0 amide bonds. The van der Waals surface area contributed by atoms with Gasteiger partial charge in [0.05, 0.1) is 13.2 Å². The maximum Gasteiger partial charge on any atom is 0.243 e. The summed E-state index contributed by atoms with van der Waals surface area (Å²) >= 11 is 3.50. The van der Waals surface area contributed by atoms with Crippen LogP contribution >= 0.6 is 15.9 Å². The number of halogens is 1. The maximum absolute atomic E-state index is 5.42. The van der Waals surface area contributed by atoms with Gasteiger partial charge in [0.15, 0.2) is 5.82 Å². The van der Waals surface area contributed by atoms with Gasteiger partial charge in [-0.2, -0.15) is 4.98 Å². The Hall–Kier alpha value is -1.40. The number of rotatable bonds is 6. The molecule has 1 aromatic heterocycles. The Bertz CT molecular complexity index is 628. The maximum atomic E-state index is 5.42. The van der Waals surface area contributed by atoms with Crippen LogP contribution in [0.4, 0.5) is 0 Å². The topological polar surface area (TPSA) is 51.4 Å². The molecule has 0 N–H and O–H groups in total. The average molecular weight is 368 g/mol. The van der Waals surface area contributed by atoms with E-state index in [1.54, 1.807) is 7.11 Å². The van der Waals surface area contributed by atoms with Crippen molar-refractivity contribution in [1.82, 2.24) is 15.0 Å². The monoisotopic (exact) mass is 367 g/mol. The van der Waals surface area contributed by atoms with Crippen LogP contribution < -0.4 is 4.74 Å². The normalized spacial score (nSPS) is 12.9. The number of benzene rings is 1. The summed E-state index contributed by atoms with van der Waals surface area (Å²) in [5.41, 5.74) is 1.11. The van der Waals surface area contributed by atoms with Crippen molar-refractivity contribution >= 4 is 15.9 Å². The number of ether oxygens (including phenoxy) is 1. The zero-order chi connectivity index (χ0) is 16.3. The Morgan fingerprint density at radius 2 is 2.05 bits per heavy atom. The van der Waals surface area contributed by atoms with E-state index in [-0.39, 0.29) is 12.0 Å². The number of hydrogen-bond acceptors (Lipinski definition) is 5. The summed E-state index contributed by atoms with van der Waals surface area (Å²) in [6, 6.07) is 6.03. The SMILES string of the molecule is COc1ccc(Br)cc1CN(C)[C@H](C)c1nc(C(C)C)no1. The van der Waals surface area contributed by atoms with Crippen LogP contribution in [0.5, 0.6) is 5.75 Å². The molecule has 0 saturated carbocycles. The molecule has 0 saturated heterocycles. The lowest BCUT2D eigenvalue weighted by atomic mass is 10.1. The Morgan fingerprint density at radius 3 is 2.64 bits per heavy atom. The summed E-state index contributed by atoms with van der Waals surface area (Å²) in [7, 11) is 3.72. The summed E-state index contributed by atoms with van der Waals surface area (Å²) in [4.78, 5) is 6.63. The molecule has 0 aliphatic rings. The van der Waals surface area contributed by atoms with Gasteiger partial charge in [-0.05, 0) is 32.2 Å².